The van der Waals surface area contributed by atoms with Gasteiger partial charge in [-0.2, -0.15) is 0 Å². The van der Waals surface area contributed by atoms with E-state index in [4.69, 9.17) is 0 Å². The van der Waals surface area contributed by atoms with Crippen LogP contribution < -0.4 is 5.32 Å². The lowest BCUT2D eigenvalue weighted by Gasteiger charge is -2.21. The number of nitrogens with one attached hydrogen (secondary N) is 1. The van der Waals surface area contributed by atoms with Crippen LogP contribution in [0.25, 0.3) is 0 Å². The summed E-state index contributed by atoms with van der Waals surface area (Å²) in [7, 11) is 0. The van der Waals surface area contributed by atoms with Gasteiger partial charge in [0.25, 0.3) is 0 Å². The van der Waals surface area contributed by atoms with E-state index in [1.165, 1.54) is 18.2 Å². The van der Waals surface area contributed by atoms with Gasteiger partial charge < -0.3 is 10.4 Å². The molecule has 0 amide bonds. The molecule has 2 atom stereocenters. The smallest absolute Gasteiger partial charge is 0.123 e. The van der Waals surface area contributed by atoms with Gasteiger partial charge in [0, 0.05) is 30.0 Å². The second-order valence-electron chi connectivity index (χ2n) is 4.60. The second kappa shape index (κ2) is 5.80. The van der Waals surface area contributed by atoms with Gasteiger partial charge in [-0.05, 0) is 43.7 Å². The molecule has 1 heterocycles. The van der Waals surface area contributed by atoms with Gasteiger partial charge in [0.15, 0.2) is 0 Å². The van der Waals surface area contributed by atoms with Gasteiger partial charge in [0.2, 0.25) is 0 Å². The van der Waals surface area contributed by atoms with Crippen LogP contribution in [0.4, 0.5) is 4.39 Å². The van der Waals surface area contributed by atoms with Gasteiger partial charge in [-0.15, -0.1) is 0 Å². The number of aromatic nitrogens is 1. The first-order chi connectivity index (χ1) is 9.08. The van der Waals surface area contributed by atoms with Gasteiger partial charge in [-0.1, -0.05) is 6.07 Å². The lowest BCUT2D eigenvalue weighted by atomic mass is 10.0. The van der Waals surface area contributed by atoms with Crippen LogP contribution in [0.3, 0.4) is 0 Å². The van der Waals surface area contributed by atoms with E-state index in [0.29, 0.717) is 5.56 Å². The zero-order valence-electron chi connectivity index (χ0n) is 11.0. The molecule has 19 heavy (non-hydrogen) atoms. The maximum Gasteiger partial charge on any atom is 0.123 e. The molecule has 1 aromatic heterocycles. The SMILES string of the molecule is CC(NC(C)c1cc(F)ccc1O)c1cccnc1. The van der Waals surface area contributed by atoms with Crippen LogP contribution in [0, 0.1) is 5.82 Å². The molecule has 0 fully saturated rings. The third kappa shape index (κ3) is 3.29. The number of hydrogen-bond donors (Lipinski definition) is 2. The predicted octanol–water partition coefficient (Wildman–Crippen LogP) is 3.34. The average Bonchev–Trinajstić information content (AvgIpc) is 2.42. The first-order valence-electron chi connectivity index (χ1n) is 6.22. The van der Waals surface area contributed by atoms with Crippen molar-refractivity contribution in [2.75, 3.05) is 0 Å². The third-order valence-corrected chi connectivity index (χ3v) is 3.14. The Balaban J connectivity index is 2.13. The zero-order valence-corrected chi connectivity index (χ0v) is 11.0. The first kappa shape index (κ1) is 13.5. The highest BCUT2D eigenvalue weighted by Crippen LogP contribution is 2.26. The molecule has 0 aliphatic rings. The molecule has 0 aliphatic carbocycles. The topological polar surface area (TPSA) is 45.1 Å². The molecule has 2 N–H and O–H groups in total. The van der Waals surface area contributed by atoms with E-state index < -0.39 is 0 Å². The van der Waals surface area contributed by atoms with Crippen LogP contribution >= 0.6 is 0 Å². The second-order valence-corrected chi connectivity index (χ2v) is 4.60. The molecule has 0 bridgehead atoms. The van der Waals surface area contributed by atoms with E-state index in [-0.39, 0.29) is 23.7 Å². The summed E-state index contributed by atoms with van der Waals surface area (Å²) in [4.78, 5) is 4.07. The number of phenolic OH excluding ortho intramolecular Hbond substituents is 1. The van der Waals surface area contributed by atoms with E-state index >= 15 is 0 Å². The van der Waals surface area contributed by atoms with Crippen LogP contribution in [0.5, 0.6) is 5.75 Å². The van der Waals surface area contributed by atoms with Gasteiger partial charge in [-0.25, -0.2) is 4.39 Å². The molecule has 0 saturated heterocycles. The minimum Gasteiger partial charge on any atom is -0.508 e. The van der Waals surface area contributed by atoms with Crippen molar-refractivity contribution in [3.05, 3.63) is 59.7 Å². The molecule has 4 heteroatoms. The Labute approximate surface area is 112 Å². The number of aromatic hydroxyl groups is 1. The molecule has 1 aromatic carbocycles. The molecule has 0 radical (unpaired) electrons. The molecule has 3 nitrogen and oxygen atoms in total. The van der Waals surface area contributed by atoms with Crippen LogP contribution in [0.2, 0.25) is 0 Å². The Morgan fingerprint density at radius 2 is 2.00 bits per heavy atom. The summed E-state index contributed by atoms with van der Waals surface area (Å²) < 4.78 is 13.2. The highest BCUT2D eigenvalue weighted by molar-refractivity contribution is 5.35. The van der Waals surface area contributed by atoms with E-state index in [2.05, 4.69) is 10.3 Å². The molecule has 0 aliphatic heterocycles. The van der Waals surface area contributed by atoms with Crippen LogP contribution in [-0.4, -0.2) is 10.1 Å². The average molecular weight is 260 g/mol. The number of hydrogen-bond acceptors (Lipinski definition) is 3. The van der Waals surface area contributed by atoms with E-state index in [1.807, 2.05) is 26.0 Å². The number of rotatable bonds is 4. The molecule has 100 valence electrons. The van der Waals surface area contributed by atoms with Crippen LogP contribution in [0.1, 0.15) is 37.1 Å². The summed E-state index contributed by atoms with van der Waals surface area (Å²) in [5.41, 5.74) is 1.60. The zero-order chi connectivity index (χ0) is 13.8. The minimum atomic E-state index is -0.351. The number of benzene rings is 1. The van der Waals surface area contributed by atoms with E-state index in [9.17, 15) is 9.50 Å². The number of nitrogens with zero attached hydrogens (tertiary/aromatic N) is 1. The molecule has 2 rings (SSSR count). The highest BCUT2D eigenvalue weighted by Gasteiger charge is 2.14. The maximum absolute atomic E-state index is 13.2. The Kier molecular flexibility index (Phi) is 4.12. The van der Waals surface area contributed by atoms with E-state index in [1.54, 1.807) is 12.4 Å². The van der Waals surface area contributed by atoms with Crippen molar-refractivity contribution in [1.29, 1.82) is 0 Å². The largest absolute Gasteiger partial charge is 0.508 e. The molecule has 0 saturated carbocycles. The minimum absolute atomic E-state index is 0.0615. The van der Waals surface area contributed by atoms with Crippen LogP contribution in [0.15, 0.2) is 42.7 Å². The summed E-state index contributed by atoms with van der Waals surface area (Å²) in [6.07, 6.45) is 3.51. The molecular formula is C15H17FN2O. The highest BCUT2D eigenvalue weighted by atomic mass is 19.1. The number of pyridine rings is 1. The fraction of sp³-hybridized carbons (Fsp3) is 0.267. The van der Waals surface area contributed by atoms with Crippen molar-refractivity contribution in [3.8, 4) is 5.75 Å². The van der Waals surface area contributed by atoms with Crippen molar-refractivity contribution < 1.29 is 9.50 Å². The molecule has 2 unspecified atom stereocenters. The lowest BCUT2D eigenvalue weighted by Crippen LogP contribution is -2.22. The molecule has 2 aromatic rings. The Morgan fingerprint density at radius 1 is 1.21 bits per heavy atom. The molecular weight excluding hydrogens is 243 g/mol. The van der Waals surface area contributed by atoms with E-state index in [0.717, 1.165) is 5.56 Å². The monoisotopic (exact) mass is 260 g/mol. The summed E-state index contributed by atoms with van der Waals surface area (Å²) in [6, 6.07) is 7.72. The number of halogens is 1. The van der Waals surface area contributed by atoms with Gasteiger partial charge >= 0.3 is 0 Å². The van der Waals surface area contributed by atoms with Gasteiger partial charge in [-0.3, -0.25) is 4.98 Å². The summed E-state index contributed by atoms with van der Waals surface area (Å²) >= 11 is 0. The summed E-state index contributed by atoms with van der Waals surface area (Å²) in [6.45, 7) is 3.89. The fourth-order valence-corrected chi connectivity index (χ4v) is 2.07. The molecule has 0 spiro atoms. The normalized spacial score (nSPS) is 14.1. The van der Waals surface area contributed by atoms with Crippen LogP contribution in [-0.2, 0) is 0 Å². The predicted molar refractivity (Wildman–Crippen MR) is 72.3 cm³/mol. The van der Waals surface area contributed by atoms with Gasteiger partial charge in [0.05, 0.1) is 0 Å². The summed E-state index contributed by atoms with van der Waals surface area (Å²) in [5.74, 6) is -0.254. The number of phenols is 1. The standard InChI is InChI=1S/C15H17FN2O/c1-10(12-4-3-7-17-9-12)18-11(2)14-8-13(16)5-6-15(14)19/h3-11,18-19H,1-2H3. The van der Waals surface area contributed by atoms with Crippen molar-refractivity contribution in [2.24, 2.45) is 0 Å². The van der Waals surface area contributed by atoms with Crippen molar-refractivity contribution in [2.45, 2.75) is 25.9 Å². The maximum atomic E-state index is 13.2. The lowest BCUT2D eigenvalue weighted by molar-refractivity contribution is 0.435. The quantitative estimate of drug-likeness (QED) is 0.886. The summed E-state index contributed by atoms with van der Waals surface area (Å²) in [5, 5.41) is 13.1. The third-order valence-electron chi connectivity index (χ3n) is 3.14. The van der Waals surface area contributed by atoms with Crippen molar-refractivity contribution in [1.82, 2.24) is 10.3 Å². The van der Waals surface area contributed by atoms with Gasteiger partial charge in [0.1, 0.15) is 11.6 Å². The Morgan fingerprint density at radius 3 is 2.68 bits per heavy atom. The first-order valence-corrected chi connectivity index (χ1v) is 6.22. The Hall–Kier alpha value is -1.94. The fourth-order valence-electron chi connectivity index (χ4n) is 2.07. The van der Waals surface area contributed by atoms with Crippen molar-refractivity contribution >= 4 is 0 Å². The Bertz CT molecular complexity index is 545. The van der Waals surface area contributed by atoms with Crippen molar-refractivity contribution in [3.63, 3.8) is 0 Å².